The van der Waals surface area contributed by atoms with Gasteiger partial charge in [-0.05, 0) is 95.2 Å². The molecule has 2 aromatic heterocycles. The predicted octanol–water partition coefficient (Wildman–Crippen LogP) is 13.5. The molecule has 0 amide bonds. The third-order valence-electron chi connectivity index (χ3n) is 15.3. The fraction of sp³-hybridized carbons (Fsp3) is 0.203. The summed E-state index contributed by atoms with van der Waals surface area (Å²) in [6.07, 6.45) is 5.58. The van der Waals surface area contributed by atoms with Crippen molar-refractivity contribution in [1.29, 1.82) is 0 Å². The zero-order chi connectivity index (χ0) is 59.8. The Hall–Kier alpha value is -8.15. The number of hydrogen-bond donors (Lipinski definition) is 2. The van der Waals surface area contributed by atoms with E-state index in [9.17, 15) is 21.6 Å². The molecule has 2 N–H and O–H groups in total. The number of aryl methyl sites for hydroxylation is 2. The lowest BCUT2D eigenvalue weighted by atomic mass is 9.77. The number of halogens is 2. The average Bonchev–Trinajstić information content (AvgIpc) is 1.33. The van der Waals surface area contributed by atoms with Gasteiger partial charge in [-0.2, -0.15) is 0 Å². The summed E-state index contributed by atoms with van der Waals surface area (Å²) in [6, 6.07) is 75.1. The molecule has 0 bridgehead atoms. The van der Waals surface area contributed by atoms with E-state index in [2.05, 4.69) is 91.4 Å². The van der Waals surface area contributed by atoms with Crippen molar-refractivity contribution >= 4 is 49.4 Å². The Bertz CT molecular complexity index is 3560. The highest BCUT2D eigenvalue weighted by Gasteiger charge is 2.40. The SMILES string of the molecule is O=C(OC(CCCc1cn(C(c2ccccc2)(c2ccccc2)c2ccccc2)cn1)CS(=O)(=O)NCc1ccccc1Cl)OC(CCCc1cn(C(c2ccccc2)(c2ccccc2)c2ccccc2)cn1)CS(=O)(=O)NCc1ccccc1Cl. The molecule has 8 aromatic carbocycles. The van der Waals surface area contributed by atoms with Gasteiger partial charge in [0.2, 0.25) is 20.0 Å². The normalized spacial score (nSPS) is 12.8. The van der Waals surface area contributed by atoms with Crippen LogP contribution < -0.4 is 9.44 Å². The molecule has 0 aliphatic carbocycles. The lowest BCUT2D eigenvalue weighted by molar-refractivity contribution is 0.00454. The van der Waals surface area contributed by atoms with Gasteiger partial charge in [0, 0.05) is 35.5 Å². The molecule has 0 aliphatic heterocycles. The Kier molecular flexibility index (Phi) is 20.1. The number of nitrogens with zero attached hydrogens (tertiary/aromatic N) is 4. The first-order valence-electron chi connectivity index (χ1n) is 28.5. The van der Waals surface area contributed by atoms with Gasteiger partial charge in [-0.3, -0.25) is 0 Å². The van der Waals surface area contributed by atoms with E-state index in [1.807, 2.05) is 134 Å². The molecule has 0 saturated heterocycles. The van der Waals surface area contributed by atoms with E-state index in [-0.39, 0.29) is 25.9 Å². The number of sulfonamides is 2. The fourth-order valence-corrected chi connectivity index (χ4v) is 14.1. The molecule has 2 heterocycles. The van der Waals surface area contributed by atoms with E-state index >= 15 is 0 Å². The summed E-state index contributed by atoms with van der Waals surface area (Å²) in [5.74, 6) is -1.25. The Morgan fingerprint density at radius 1 is 0.430 bits per heavy atom. The number of ether oxygens (including phenoxy) is 2. The van der Waals surface area contributed by atoms with Crippen LogP contribution in [0.25, 0.3) is 0 Å². The molecule has 2 atom stereocenters. The quantitative estimate of drug-likeness (QED) is 0.0359. The van der Waals surface area contributed by atoms with Gasteiger partial charge >= 0.3 is 6.16 Å². The highest BCUT2D eigenvalue weighted by molar-refractivity contribution is 7.89. The highest BCUT2D eigenvalue weighted by atomic mass is 35.5. The molecule has 0 saturated carbocycles. The van der Waals surface area contributed by atoms with Crippen LogP contribution in [0.2, 0.25) is 10.0 Å². The minimum absolute atomic E-state index is 0.0810. The highest BCUT2D eigenvalue weighted by Crippen LogP contribution is 2.42. The minimum atomic E-state index is -4.13. The van der Waals surface area contributed by atoms with E-state index < -0.39 is 61.0 Å². The second-order valence-corrected chi connectivity index (χ2v) is 25.6. The van der Waals surface area contributed by atoms with Crippen molar-refractivity contribution in [3.05, 3.63) is 322 Å². The largest absolute Gasteiger partial charge is 0.508 e. The minimum Gasteiger partial charge on any atom is -0.430 e. The molecule has 0 aliphatic rings. The molecular weight excluding hydrogens is 1160 g/mol. The third kappa shape index (κ3) is 14.7. The van der Waals surface area contributed by atoms with Gasteiger partial charge in [0.05, 0.1) is 24.0 Å². The van der Waals surface area contributed by atoms with Crippen molar-refractivity contribution in [2.24, 2.45) is 0 Å². The zero-order valence-corrected chi connectivity index (χ0v) is 50.3. The number of aromatic nitrogens is 4. The topological polar surface area (TPSA) is 164 Å². The summed E-state index contributed by atoms with van der Waals surface area (Å²) in [7, 11) is -8.26. The number of carbonyl (C=O) groups excluding carboxylic acids is 1. The van der Waals surface area contributed by atoms with E-state index in [0.717, 1.165) is 44.8 Å². The Morgan fingerprint density at radius 2 is 0.709 bits per heavy atom. The summed E-state index contributed by atoms with van der Waals surface area (Å²) in [6.45, 7) is -0.207. The molecule has 17 heteroatoms. The summed E-state index contributed by atoms with van der Waals surface area (Å²) in [5, 5.41) is 0.773. The van der Waals surface area contributed by atoms with Crippen molar-refractivity contribution < 1.29 is 31.1 Å². The molecule has 0 radical (unpaired) electrons. The second kappa shape index (κ2) is 28.4. The number of rotatable bonds is 28. The first-order valence-corrected chi connectivity index (χ1v) is 32.6. The van der Waals surface area contributed by atoms with Crippen LogP contribution in [0.1, 0.15) is 81.6 Å². The van der Waals surface area contributed by atoms with Crippen molar-refractivity contribution in [3.8, 4) is 0 Å². The second-order valence-electron chi connectivity index (χ2n) is 21.1. The van der Waals surface area contributed by atoms with Crippen LogP contribution in [0.5, 0.6) is 0 Å². The first-order chi connectivity index (χ1) is 41.8. The molecular formula is C69H66Cl2N6O7S2. The summed E-state index contributed by atoms with van der Waals surface area (Å²) in [4.78, 5) is 24.0. The predicted molar refractivity (Wildman–Crippen MR) is 339 cm³/mol. The maximum atomic E-state index is 14.2. The third-order valence-corrected chi connectivity index (χ3v) is 18.9. The van der Waals surface area contributed by atoms with Crippen LogP contribution in [-0.2, 0) is 66.5 Å². The molecule has 0 fully saturated rings. The Labute approximate surface area is 513 Å². The molecule has 440 valence electrons. The van der Waals surface area contributed by atoms with Gasteiger partial charge in [-0.1, -0.05) is 242 Å². The van der Waals surface area contributed by atoms with Crippen LogP contribution in [0.3, 0.4) is 0 Å². The maximum Gasteiger partial charge on any atom is 0.508 e. The van der Waals surface area contributed by atoms with Gasteiger partial charge in [-0.25, -0.2) is 41.0 Å². The average molecular weight is 1230 g/mol. The van der Waals surface area contributed by atoms with E-state index in [1.165, 1.54) is 0 Å². The van der Waals surface area contributed by atoms with Gasteiger partial charge in [0.25, 0.3) is 0 Å². The van der Waals surface area contributed by atoms with Crippen LogP contribution in [0, 0.1) is 0 Å². The molecule has 2 unspecified atom stereocenters. The fourth-order valence-electron chi connectivity index (χ4n) is 11.3. The Morgan fingerprint density at radius 3 is 1.00 bits per heavy atom. The summed E-state index contributed by atoms with van der Waals surface area (Å²) < 4.78 is 77.2. The van der Waals surface area contributed by atoms with E-state index in [4.69, 9.17) is 42.6 Å². The number of benzene rings is 8. The van der Waals surface area contributed by atoms with Crippen LogP contribution in [0.4, 0.5) is 4.79 Å². The smallest absolute Gasteiger partial charge is 0.430 e. The number of imidazole rings is 2. The van der Waals surface area contributed by atoms with E-state index in [0.29, 0.717) is 46.9 Å². The summed E-state index contributed by atoms with van der Waals surface area (Å²) in [5.41, 5.74) is 7.09. The van der Waals surface area contributed by atoms with Crippen LogP contribution >= 0.6 is 23.2 Å². The number of carbonyl (C=O) groups is 1. The standard InChI is InChI=1S/C69H66Cl2N6O7S2/c70-65-43-21-19-25-53(65)45-74-85(79,80)49-63(41-23-39-61-47-76(51-72-61)68(55-27-7-1-8-28-55,56-29-9-2-10-30-56)57-31-11-3-12-32-57)83-67(78)84-64(50-86(81,82)75-46-54-26-20-22-44-66(54)71)42-24-40-62-48-77(52-73-62)69(58-33-13-4-14-34-58,59-35-15-5-16-36-59)60-37-17-6-18-38-60/h1-22,25-38,43-44,47-48,51-52,63-64,74-75H,23-24,39-42,45-46,49-50H2. The Balaban J connectivity index is 0.895. The number of hydrogen-bond acceptors (Lipinski definition) is 9. The van der Waals surface area contributed by atoms with Crippen molar-refractivity contribution in [2.45, 2.75) is 74.9 Å². The molecule has 0 spiro atoms. The van der Waals surface area contributed by atoms with Crippen molar-refractivity contribution in [2.75, 3.05) is 11.5 Å². The van der Waals surface area contributed by atoms with Crippen molar-refractivity contribution in [3.63, 3.8) is 0 Å². The van der Waals surface area contributed by atoms with Gasteiger partial charge in [0.15, 0.2) is 0 Å². The molecule has 10 rings (SSSR count). The lowest BCUT2D eigenvalue weighted by Crippen LogP contribution is -2.37. The summed E-state index contributed by atoms with van der Waals surface area (Å²) >= 11 is 12.8. The van der Waals surface area contributed by atoms with Crippen LogP contribution in [-0.4, -0.2) is 65.8 Å². The van der Waals surface area contributed by atoms with Crippen molar-refractivity contribution in [1.82, 2.24) is 28.5 Å². The number of nitrogens with one attached hydrogen (secondary N) is 2. The molecule has 13 nitrogen and oxygen atoms in total. The lowest BCUT2D eigenvalue weighted by Gasteiger charge is -2.37. The zero-order valence-electron chi connectivity index (χ0n) is 47.2. The van der Waals surface area contributed by atoms with E-state index in [1.54, 1.807) is 48.5 Å². The van der Waals surface area contributed by atoms with Crippen LogP contribution in [0.15, 0.2) is 256 Å². The molecule has 86 heavy (non-hydrogen) atoms. The van der Waals surface area contributed by atoms with Gasteiger partial charge in [0.1, 0.15) is 34.8 Å². The monoisotopic (exact) mass is 1220 g/mol. The maximum absolute atomic E-state index is 14.2. The van der Waals surface area contributed by atoms with Gasteiger partial charge in [-0.15, -0.1) is 0 Å². The van der Waals surface area contributed by atoms with Gasteiger partial charge < -0.3 is 18.6 Å². The molecule has 10 aromatic rings. The first kappa shape index (κ1) is 61.0.